The van der Waals surface area contributed by atoms with Crippen LogP contribution in [0.3, 0.4) is 0 Å². The molecule has 1 amide bonds. The monoisotopic (exact) mass is 413 g/mol. The summed E-state index contributed by atoms with van der Waals surface area (Å²) >= 11 is 0. The summed E-state index contributed by atoms with van der Waals surface area (Å²) < 4.78 is 40.3. The minimum atomic E-state index is -3.71. The first-order valence-electron chi connectivity index (χ1n) is 8.28. The van der Waals surface area contributed by atoms with E-state index in [0.717, 1.165) is 12.1 Å². The predicted octanol–water partition coefficient (Wildman–Crippen LogP) is 2.41. The molecule has 0 bridgehead atoms. The Morgan fingerprint density at radius 2 is 1.67 bits per heavy atom. The molecule has 2 aromatic carbocycles. The van der Waals surface area contributed by atoms with Crippen LogP contribution in [0.1, 0.15) is 23.2 Å². The first kappa shape index (κ1) is 21.1. The zero-order valence-corrected chi connectivity index (χ0v) is 16.1. The number of likely N-dealkylation sites (tertiary alicyclic amines) is 1. The summed E-state index contributed by atoms with van der Waals surface area (Å²) in [5, 5.41) is 0. The molecule has 9 heteroatoms. The molecule has 0 spiro atoms. The molecule has 2 aromatic rings. The van der Waals surface area contributed by atoms with Crippen molar-refractivity contribution in [3.63, 3.8) is 0 Å². The van der Waals surface area contributed by atoms with E-state index in [1.165, 1.54) is 12.1 Å². The molecule has 3 N–H and O–H groups in total. The zero-order valence-electron chi connectivity index (χ0n) is 14.5. The number of nitrogen functional groups attached to an aromatic ring is 1. The largest absolute Gasteiger partial charge is 0.398 e. The summed E-state index contributed by atoms with van der Waals surface area (Å²) in [5.74, 6) is -0.640. The fraction of sp³-hybridized carbons (Fsp3) is 0.278. The highest BCUT2D eigenvalue weighted by Crippen LogP contribution is 2.19. The standard InChI is InChI=1S/C18H20FN3O3S.ClH/c19-13-5-7-15(8-6-13)26(24,25)21-14-9-11-22(12-10-14)18(23)16-3-1-2-4-17(16)20;/h1-8,14,21H,9-12,20H2;1H. The average Bonchev–Trinajstić information content (AvgIpc) is 2.62. The molecular formula is C18H21ClFN3O3S. The highest BCUT2D eigenvalue weighted by Gasteiger charge is 2.27. The van der Waals surface area contributed by atoms with Gasteiger partial charge in [-0.2, -0.15) is 0 Å². The summed E-state index contributed by atoms with van der Waals surface area (Å²) in [7, 11) is -3.71. The second-order valence-corrected chi connectivity index (χ2v) is 7.94. The van der Waals surface area contributed by atoms with Crippen LogP contribution in [0.2, 0.25) is 0 Å². The Morgan fingerprint density at radius 3 is 2.26 bits per heavy atom. The third-order valence-electron chi connectivity index (χ3n) is 4.42. The normalized spacial score (nSPS) is 15.2. The van der Waals surface area contributed by atoms with Crippen molar-refractivity contribution in [1.82, 2.24) is 9.62 Å². The van der Waals surface area contributed by atoms with Crippen molar-refractivity contribution in [3.8, 4) is 0 Å². The van der Waals surface area contributed by atoms with Crippen molar-refractivity contribution in [2.45, 2.75) is 23.8 Å². The number of hydrogen-bond acceptors (Lipinski definition) is 4. The highest BCUT2D eigenvalue weighted by molar-refractivity contribution is 7.89. The molecule has 3 rings (SSSR count). The Balaban J connectivity index is 0.00000261. The van der Waals surface area contributed by atoms with Crippen LogP contribution >= 0.6 is 12.4 Å². The van der Waals surface area contributed by atoms with Gasteiger partial charge in [-0.3, -0.25) is 4.79 Å². The molecule has 1 fully saturated rings. The number of nitrogens with zero attached hydrogens (tertiary/aromatic N) is 1. The van der Waals surface area contributed by atoms with Gasteiger partial charge < -0.3 is 10.6 Å². The van der Waals surface area contributed by atoms with Gasteiger partial charge >= 0.3 is 0 Å². The van der Waals surface area contributed by atoms with Gasteiger partial charge in [0.2, 0.25) is 10.0 Å². The smallest absolute Gasteiger partial charge is 0.255 e. The molecule has 1 heterocycles. The number of sulfonamides is 1. The van der Waals surface area contributed by atoms with Crippen LogP contribution in [-0.4, -0.2) is 38.4 Å². The van der Waals surface area contributed by atoms with E-state index in [4.69, 9.17) is 5.73 Å². The Kier molecular flexibility index (Phi) is 6.80. The van der Waals surface area contributed by atoms with Gasteiger partial charge in [0.05, 0.1) is 10.5 Å². The topological polar surface area (TPSA) is 92.5 Å². The molecule has 0 aromatic heterocycles. The van der Waals surface area contributed by atoms with Crippen molar-refractivity contribution in [3.05, 3.63) is 59.9 Å². The molecule has 27 heavy (non-hydrogen) atoms. The van der Waals surface area contributed by atoms with Gasteiger partial charge in [-0.25, -0.2) is 17.5 Å². The molecule has 1 aliphatic heterocycles. The van der Waals surface area contributed by atoms with Gasteiger partial charge in [-0.15, -0.1) is 12.4 Å². The number of amides is 1. The fourth-order valence-electron chi connectivity index (χ4n) is 2.96. The fourth-order valence-corrected chi connectivity index (χ4v) is 4.27. The van der Waals surface area contributed by atoms with Crippen LogP contribution in [0.15, 0.2) is 53.4 Å². The number of nitrogens with two attached hydrogens (primary N) is 1. The van der Waals surface area contributed by atoms with Crippen molar-refractivity contribution in [2.24, 2.45) is 0 Å². The Hall–Kier alpha value is -2.16. The Labute approximate surface area is 164 Å². The lowest BCUT2D eigenvalue weighted by molar-refractivity contribution is 0.0712. The quantitative estimate of drug-likeness (QED) is 0.753. The number of benzene rings is 2. The van der Waals surface area contributed by atoms with Gasteiger partial charge in [-0.1, -0.05) is 12.1 Å². The lowest BCUT2D eigenvalue weighted by Crippen LogP contribution is -2.46. The van der Waals surface area contributed by atoms with Gasteiger partial charge in [0.25, 0.3) is 5.91 Å². The maximum atomic E-state index is 13.0. The van der Waals surface area contributed by atoms with Crippen LogP contribution in [0.5, 0.6) is 0 Å². The number of carbonyl (C=O) groups is 1. The Bertz CT molecular complexity index is 898. The first-order chi connectivity index (χ1) is 12.4. The van der Waals surface area contributed by atoms with E-state index in [2.05, 4.69) is 4.72 Å². The number of halogens is 2. The minimum Gasteiger partial charge on any atom is -0.398 e. The molecule has 0 atom stereocenters. The lowest BCUT2D eigenvalue weighted by atomic mass is 10.0. The maximum Gasteiger partial charge on any atom is 0.255 e. The molecule has 146 valence electrons. The van der Waals surface area contributed by atoms with Crippen molar-refractivity contribution in [1.29, 1.82) is 0 Å². The predicted molar refractivity (Wildman–Crippen MR) is 104 cm³/mol. The lowest BCUT2D eigenvalue weighted by Gasteiger charge is -2.32. The molecule has 6 nitrogen and oxygen atoms in total. The van der Waals surface area contributed by atoms with Gasteiger partial charge in [0.1, 0.15) is 5.82 Å². The van der Waals surface area contributed by atoms with Crippen molar-refractivity contribution < 1.29 is 17.6 Å². The van der Waals surface area contributed by atoms with Gasteiger partial charge in [0.15, 0.2) is 0 Å². The molecule has 1 saturated heterocycles. The molecule has 0 aliphatic carbocycles. The second-order valence-electron chi connectivity index (χ2n) is 6.23. The number of hydrogen-bond donors (Lipinski definition) is 2. The highest BCUT2D eigenvalue weighted by atomic mass is 35.5. The summed E-state index contributed by atoms with van der Waals surface area (Å²) in [6.45, 7) is 0.869. The van der Waals surface area contributed by atoms with Crippen molar-refractivity contribution in [2.75, 3.05) is 18.8 Å². The molecular weight excluding hydrogens is 393 g/mol. The third kappa shape index (κ3) is 4.97. The molecule has 0 unspecified atom stereocenters. The van der Waals surface area contributed by atoms with Gasteiger partial charge in [-0.05, 0) is 49.2 Å². The van der Waals surface area contributed by atoms with Crippen LogP contribution in [-0.2, 0) is 10.0 Å². The SMILES string of the molecule is Cl.Nc1ccccc1C(=O)N1CCC(NS(=O)(=O)c2ccc(F)cc2)CC1. The number of para-hydroxylation sites is 1. The Morgan fingerprint density at radius 1 is 1.07 bits per heavy atom. The average molecular weight is 414 g/mol. The van der Waals surface area contributed by atoms with Crippen LogP contribution < -0.4 is 10.5 Å². The van der Waals surface area contributed by atoms with E-state index in [9.17, 15) is 17.6 Å². The number of anilines is 1. The van der Waals surface area contributed by atoms with Crippen molar-refractivity contribution >= 4 is 34.0 Å². The number of carbonyl (C=O) groups excluding carboxylic acids is 1. The van der Waals surface area contributed by atoms with E-state index in [0.29, 0.717) is 37.2 Å². The van der Waals surface area contributed by atoms with E-state index in [1.807, 2.05) is 0 Å². The number of rotatable bonds is 4. The summed E-state index contributed by atoms with van der Waals surface area (Å²) in [5.41, 5.74) is 6.73. The van der Waals surface area contributed by atoms with Crippen LogP contribution in [0, 0.1) is 5.82 Å². The summed E-state index contributed by atoms with van der Waals surface area (Å²) in [6, 6.07) is 11.3. The van der Waals surface area contributed by atoms with Crippen LogP contribution in [0.4, 0.5) is 10.1 Å². The molecule has 0 saturated carbocycles. The third-order valence-corrected chi connectivity index (χ3v) is 5.96. The zero-order chi connectivity index (χ0) is 18.7. The second kappa shape index (κ2) is 8.69. The number of piperidine rings is 1. The van der Waals surface area contributed by atoms with Crippen LogP contribution in [0.25, 0.3) is 0 Å². The summed E-state index contributed by atoms with van der Waals surface area (Å²) in [6.07, 6.45) is 0.998. The number of nitrogens with one attached hydrogen (secondary N) is 1. The molecule has 0 radical (unpaired) electrons. The first-order valence-corrected chi connectivity index (χ1v) is 9.77. The minimum absolute atomic E-state index is 0. The van der Waals surface area contributed by atoms with E-state index >= 15 is 0 Å². The van der Waals surface area contributed by atoms with E-state index in [-0.39, 0.29) is 29.3 Å². The summed E-state index contributed by atoms with van der Waals surface area (Å²) in [4.78, 5) is 14.2. The maximum absolute atomic E-state index is 13.0. The molecule has 1 aliphatic rings. The van der Waals surface area contributed by atoms with E-state index in [1.54, 1.807) is 29.2 Å². The van der Waals surface area contributed by atoms with Gasteiger partial charge in [0, 0.05) is 24.8 Å². The van der Waals surface area contributed by atoms with E-state index < -0.39 is 15.8 Å².